The number of nitrogen functional groups attached to an aromatic ring is 2. The molecule has 3 aromatic rings. The summed E-state index contributed by atoms with van der Waals surface area (Å²) in [5, 5.41) is 7.53. The van der Waals surface area contributed by atoms with Crippen LogP contribution in [0.5, 0.6) is 0 Å². The predicted octanol–water partition coefficient (Wildman–Crippen LogP) is 2.97. The molecule has 0 unspecified atom stereocenters. The quantitative estimate of drug-likeness (QED) is 0.352. The third kappa shape index (κ3) is 3.84. The van der Waals surface area contributed by atoms with Gasteiger partial charge >= 0.3 is 0 Å². The number of amides is 1. The number of nitrogens with one attached hydrogen (secondary N) is 1. The van der Waals surface area contributed by atoms with E-state index in [0.717, 1.165) is 16.9 Å². The van der Waals surface area contributed by atoms with Crippen LogP contribution >= 0.6 is 11.3 Å². The number of anilines is 3. The first-order valence-corrected chi connectivity index (χ1v) is 9.42. The number of aromatic nitrogens is 1. The second kappa shape index (κ2) is 7.73. The van der Waals surface area contributed by atoms with Crippen LogP contribution in [-0.2, 0) is 0 Å². The Morgan fingerprint density at radius 2 is 1.89 bits per heavy atom. The average Bonchev–Trinajstić information content (AvgIpc) is 3.25. The molecular weight excluding hydrogens is 378 g/mol. The van der Waals surface area contributed by atoms with Gasteiger partial charge in [-0.05, 0) is 18.1 Å². The maximum absolute atomic E-state index is 12.9. The molecule has 0 saturated heterocycles. The number of thiophene rings is 1. The molecule has 0 aliphatic heterocycles. The van der Waals surface area contributed by atoms with E-state index in [1.54, 1.807) is 24.3 Å². The molecule has 8 nitrogen and oxygen atoms in total. The van der Waals surface area contributed by atoms with E-state index in [2.05, 4.69) is 10.5 Å². The molecule has 0 spiro atoms. The summed E-state index contributed by atoms with van der Waals surface area (Å²) in [6.07, 6.45) is 0. The Morgan fingerprint density at radius 1 is 1.21 bits per heavy atom. The minimum absolute atomic E-state index is 0.0196. The SMILES string of the molecule is CC(C)CNc1sc(C(=O)c2cc(-c3ccc(N)cc3)no2)c(N)c1C(N)=O. The molecule has 9 heteroatoms. The van der Waals surface area contributed by atoms with E-state index in [9.17, 15) is 9.59 Å². The smallest absolute Gasteiger partial charge is 0.253 e. The minimum Gasteiger partial charge on any atom is -0.399 e. The zero-order valence-corrected chi connectivity index (χ0v) is 16.3. The van der Waals surface area contributed by atoms with Gasteiger partial charge in [0, 0.05) is 23.9 Å². The Morgan fingerprint density at radius 3 is 2.50 bits per heavy atom. The summed E-state index contributed by atoms with van der Waals surface area (Å²) in [4.78, 5) is 24.9. The van der Waals surface area contributed by atoms with E-state index in [-0.39, 0.29) is 21.9 Å². The van der Waals surface area contributed by atoms with Crippen molar-refractivity contribution in [3.8, 4) is 11.3 Å². The van der Waals surface area contributed by atoms with Crippen molar-refractivity contribution in [1.29, 1.82) is 0 Å². The largest absolute Gasteiger partial charge is 0.399 e. The Balaban J connectivity index is 1.93. The number of hydrogen-bond donors (Lipinski definition) is 4. The molecule has 0 bridgehead atoms. The van der Waals surface area contributed by atoms with Crippen LogP contribution < -0.4 is 22.5 Å². The van der Waals surface area contributed by atoms with Gasteiger partial charge in [0.2, 0.25) is 11.5 Å². The topological polar surface area (TPSA) is 150 Å². The standard InChI is InChI=1S/C19H21N5O3S/c1-9(2)8-23-19-14(18(22)26)15(21)17(28-19)16(25)13-7-12(24-27-13)10-3-5-11(20)6-4-10/h3-7,9,23H,8,20-21H2,1-2H3,(H2,22,26). The number of primary amides is 1. The molecule has 0 aliphatic carbocycles. The lowest BCUT2D eigenvalue weighted by molar-refractivity contribution is 0.1000. The molecule has 3 rings (SSSR count). The van der Waals surface area contributed by atoms with Crippen molar-refractivity contribution in [2.75, 3.05) is 23.3 Å². The summed E-state index contributed by atoms with van der Waals surface area (Å²) in [7, 11) is 0. The number of nitrogens with zero attached hydrogens (tertiary/aromatic N) is 1. The van der Waals surface area contributed by atoms with E-state index in [1.165, 1.54) is 6.07 Å². The van der Waals surface area contributed by atoms with Gasteiger partial charge in [-0.15, -0.1) is 11.3 Å². The Labute approximate surface area is 165 Å². The average molecular weight is 399 g/mol. The van der Waals surface area contributed by atoms with Gasteiger partial charge in [-0.1, -0.05) is 31.1 Å². The van der Waals surface area contributed by atoms with Crippen LogP contribution in [0.25, 0.3) is 11.3 Å². The first kappa shape index (κ1) is 19.4. The Bertz CT molecular complexity index is 1020. The molecule has 28 heavy (non-hydrogen) atoms. The highest BCUT2D eigenvalue weighted by molar-refractivity contribution is 7.19. The molecule has 2 aromatic heterocycles. The molecule has 7 N–H and O–H groups in total. The second-order valence-electron chi connectivity index (χ2n) is 6.72. The molecule has 1 amide bonds. The molecule has 0 aliphatic rings. The zero-order valence-electron chi connectivity index (χ0n) is 15.5. The number of rotatable bonds is 7. The maximum atomic E-state index is 12.9. The predicted molar refractivity (Wildman–Crippen MR) is 110 cm³/mol. The zero-order chi connectivity index (χ0) is 20.4. The number of carbonyl (C=O) groups is 2. The Hall–Kier alpha value is -3.33. The molecule has 0 saturated carbocycles. The van der Waals surface area contributed by atoms with Gasteiger partial charge in [0.25, 0.3) is 5.91 Å². The first-order valence-electron chi connectivity index (χ1n) is 8.61. The van der Waals surface area contributed by atoms with E-state index >= 15 is 0 Å². The molecule has 0 atom stereocenters. The summed E-state index contributed by atoms with van der Waals surface area (Å²) in [6, 6.07) is 8.54. The molecule has 0 radical (unpaired) electrons. The lowest BCUT2D eigenvalue weighted by atomic mass is 10.1. The van der Waals surface area contributed by atoms with Crippen molar-refractivity contribution in [3.05, 3.63) is 46.5 Å². The molecule has 2 heterocycles. The van der Waals surface area contributed by atoms with Crippen molar-refractivity contribution in [2.24, 2.45) is 11.7 Å². The minimum atomic E-state index is -0.695. The highest BCUT2D eigenvalue weighted by atomic mass is 32.1. The van der Waals surface area contributed by atoms with Crippen LogP contribution in [0, 0.1) is 5.92 Å². The van der Waals surface area contributed by atoms with Crippen LogP contribution in [0.3, 0.4) is 0 Å². The van der Waals surface area contributed by atoms with Gasteiger partial charge in [-0.25, -0.2) is 0 Å². The summed E-state index contributed by atoms with van der Waals surface area (Å²) < 4.78 is 5.21. The Kier molecular flexibility index (Phi) is 5.36. The number of benzene rings is 1. The van der Waals surface area contributed by atoms with Gasteiger partial charge in [0.15, 0.2) is 0 Å². The van der Waals surface area contributed by atoms with Crippen LogP contribution in [0.4, 0.5) is 16.4 Å². The highest BCUT2D eigenvalue weighted by Gasteiger charge is 2.27. The maximum Gasteiger partial charge on any atom is 0.253 e. The molecular formula is C19H21N5O3S. The van der Waals surface area contributed by atoms with Crippen molar-refractivity contribution in [2.45, 2.75) is 13.8 Å². The fourth-order valence-corrected chi connectivity index (χ4v) is 3.64. The van der Waals surface area contributed by atoms with Gasteiger partial charge < -0.3 is 27.0 Å². The van der Waals surface area contributed by atoms with Crippen molar-refractivity contribution in [1.82, 2.24) is 5.16 Å². The van der Waals surface area contributed by atoms with Crippen molar-refractivity contribution in [3.63, 3.8) is 0 Å². The van der Waals surface area contributed by atoms with Gasteiger partial charge in [-0.3, -0.25) is 9.59 Å². The number of ketones is 1. The van der Waals surface area contributed by atoms with Crippen LogP contribution in [0.1, 0.15) is 39.6 Å². The monoisotopic (exact) mass is 399 g/mol. The summed E-state index contributed by atoms with van der Waals surface area (Å²) in [6.45, 7) is 4.65. The molecule has 0 fully saturated rings. The van der Waals surface area contributed by atoms with E-state index in [4.69, 9.17) is 21.7 Å². The van der Waals surface area contributed by atoms with Gasteiger partial charge in [-0.2, -0.15) is 0 Å². The lowest BCUT2D eigenvalue weighted by Gasteiger charge is -2.07. The van der Waals surface area contributed by atoms with Crippen LogP contribution in [0.15, 0.2) is 34.9 Å². The van der Waals surface area contributed by atoms with Crippen LogP contribution in [-0.4, -0.2) is 23.4 Å². The highest BCUT2D eigenvalue weighted by Crippen LogP contribution is 2.37. The summed E-state index contributed by atoms with van der Waals surface area (Å²) in [5.41, 5.74) is 19.2. The fourth-order valence-electron chi connectivity index (χ4n) is 2.56. The second-order valence-corrected chi connectivity index (χ2v) is 7.74. The third-order valence-electron chi connectivity index (χ3n) is 4.01. The fraction of sp³-hybridized carbons (Fsp3) is 0.211. The van der Waals surface area contributed by atoms with Gasteiger partial charge in [0.05, 0.1) is 11.3 Å². The van der Waals surface area contributed by atoms with Crippen molar-refractivity contribution >= 4 is 39.4 Å². The summed E-state index contributed by atoms with van der Waals surface area (Å²) in [5.74, 6) is -0.804. The number of hydrogen-bond acceptors (Lipinski definition) is 8. The molecule has 146 valence electrons. The van der Waals surface area contributed by atoms with E-state index in [1.807, 2.05) is 13.8 Å². The van der Waals surface area contributed by atoms with Gasteiger partial charge in [0.1, 0.15) is 15.6 Å². The van der Waals surface area contributed by atoms with Crippen LogP contribution in [0.2, 0.25) is 0 Å². The summed E-state index contributed by atoms with van der Waals surface area (Å²) >= 11 is 1.08. The first-order chi connectivity index (χ1) is 13.3. The normalized spacial score (nSPS) is 11.0. The van der Waals surface area contributed by atoms with E-state index in [0.29, 0.717) is 28.8 Å². The third-order valence-corrected chi connectivity index (χ3v) is 5.17. The number of nitrogens with two attached hydrogens (primary N) is 3. The lowest BCUT2D eigenvalue weighted by Crippen LogP contribution is -2.16. The molecule has 1 aromatic carbocycles. The van der Waals surface area contributed by atoms with E-state index < -0.39 is 11.7 Å². The van der Waals surface area contributed by atoms with Crippen molar-refractivity contribution < 1.29 is 14.1 Å². The number of carbonyl (C=O) groups excluding carboxylic acids is 2.